The molecule has 3 nitrogen and oxygen atoms in total. The Labute approximate surface area is 114 Å². The molecule has 0 atom stereocenters. The fourth-order valence-electron chi connectivity index (χ4n) is 1.78. The maximum atomic E-state index is 5.97. The standard InChI is InChI=1S/C13H9Cl2N3/c14-9-5-11-12(6-10(9)15)18-13(17-11)7-1-3-8(16)4-2-7/h1-6H,16H2,(H,17,18). The summed E-state index contributed by atoms with van der Waals surface area (Å²) in [5.74, 6) is 0.767. The minimum Gasteiger partial charge on any atom is -0.399 e. The summed E-state index contributed by atoms with van der Waals surface area (Å²) in [5.41, 5.74) is 8.99. The zero-order valence-electron chi connectivity index (χ0n) is 9.24. The van der Waals surface area contributed by atoms with Crippen molar-refractivity contribution in [3.8, 4) is 11.4 Å². The van der Waals surface area contributed by atoms with Gasteiger partial charge in [0, 0.05) is 11.3 Å². The van der Waals surface area contributed by atoms with E-state index >= 15 is 0 Å². The van der Waals surface area contributed by atoms with E-state index in [2.05, 4.69) is 9.97 Å². The molecule has 0 unspecified atom stereocenters. The predicted octanol–water partition coefficient (Wildman–Crippen LogP) is 4.12. The van der Waals surface area contributed by atoms with Crippen LogP contribution in [-0.4, -0.2) is 9.97 Å². The first-order valence-electron chi connectivity index (χ1n) is 5.34. The summed E-state index contributed by atoms with van der Waals surface area (Å²) >= 11 is 11.9. The smallest absolute Gasteiger partial charge is 0.138 e. The number of hydrogen-bond donors (Lipinski definition) is 2. The Balaban J connectivity index is 2.16. The molecule has 0 fully saturated rings. The van der Waals surface area contributed by atoms with Crippen molar-refractivity contribution < 1.29 is 0 Å². The lowest BCUT2D eigenvalue weighted by molar-refractivity contribution is 1.34. The Kier molecular flexibility index (Phi) is 2.65. The van der Waals surface area contributed by atoms with Crippen molar-refractivity contribution in [3.05, 3.63) is 46.4 Å². The number of imidazole rings is 1. The Morgan fingerprint density at radius 1 is 1.00 bits per heavy atom. The number of nitrogens with zero attached hydrogens (tertiary/aromatic N) is 1. The van der Waals surface area contributed by atoms with Gasteiger partial charge in [-0.05, 0) is 36.4 Å². The van der Waals surface area contributed by atoms with Gasteiger partial charge in [-0.2, -0.15) is 0 Å². The Hall–Kier alpha value is -1.71. The molecule has 3 N–H and O–H groups in total. The van der Waals surface area contributed by atoms with E-state index in [9.17, 15) is 0 Å². The highest BCUT2D eigenvalue weighted by molar-refractivity contribution is 6.42. The number of benzene rings is 2. The van der Waals surface area contributed by atoms with Gasteiger partial charge in [-0.3, -0.25) is 0 Å². The molecule has 1 aromatic heterocycles. The lowest BCUT2D eigenvalue weighted by Crippen LogP contribution is -1.84. The van der Waals surface area contributed by atoms with Crippen LogP contribution in [0.2, 0.25) is 10.0 Å². The fourth-order valence-corrected chi connectivity index (χ4v) is 2.10. The van der Waals surface area contributed by atoms with E-state index in [1.165, 1.54) is 0 Å². The van der Waals surface area contributed by atoms with Crippen molar-refractivity contribution >= 4 is 39.9 Å². The van der Waals surface area contributed by atoms with Crippen LogP contribution in [-0.2, 0) is 0 Å². The molecule has 0 aliphatic rings. The van der Waals surface area contributed by atoms with Gasteiger partial charge in [-0.15, -0.1) is 0 Å². The molecule has 5 heteroatoms. The molecule has 0 radical (unpaired) electrons. The van der Waals surface area contributed by atoms with Gasteiger partial charge in [0.1, 0.15) is 5.82 Å². The monoisotopic (exact) mass is 277 g/mol. The van der Waals surface area contributed by atoms with E-state index in [0.717, 1.165) is 28.1 Å². The average Bonchev–Trinajstić information content (AvgIpc) is 2.73. The highest BCUT2D eigenvalue weighted by Gasteiger charge is 2.08. The molecule has 3 rings (SSSR count). The Morgan fingerprint density at radius 2 is 1.67 bits per heavy atom. The number of aromatic amines is 1. The highest BCUT2D eigenvalue weighted by Crippen LogP contribution is 2.28. The van der Waals surface area contributed by atoms with Gasteiger partial charge in [0.05, 0.1) is 21.1 Å². The van der Waals surface area contributed by atoms with Gasteiger partial charge in [-0.1, -0.05) is 23.2 Å². The molecule has 0 aliphatic carbocycles. The maximum absolute atomic E-state index is 5.97. The summed E-state index contributed by atoms with van der Waals surface area (Å²) in [4.78, 5) is 7.68. The number of aromatic nitrogens is 2. The molecule has 0 amide bonds. The summed E-state index contributed by atoms with van der Waals surface area (Å²) in [6, 6.07) is 11.0. The van der Waals surface area contributed by atoms with Crippen molar-refractivity contribution in [3.63, 3.8) is 0 Å². The number of fused-ring (bicyclic) bond motifs is 1. The molecule has 2 aromatic carbocycles. The van der Waals surface area contributed by atoms with Crippen LogP contribution < -0.4 is 5.73 Å². The van der Waals surface area contributed by atoms with E-state index in [1.54, 1.807) is 12.1 Å². The minimum atomic E-state index is 0.500. The Morgan fingerprint density at radius 3 is 2.39 bits per heavy atom. The fraction of sp³-hybridized carbons (Fsp3) is 0. The number of hydrogen-bond acceptors (Lipinski definition) is 2. The van der Waals surface area contributed by atoms with Crippen LogP contribution >= 0.6 is 23.2 Å². The topological polar surface area (TPSA) is 54.7 Å². The maximum Gasteiger partial charge on any atom is 0.138 e. The second-order valence-corrected chi connectivity index (χ2v) is 4.81. The molecule has 18 heavy (non-hydrogen) atoms. The van der Waals surface area contributed by atoms with Crippen molar-refractivity contribution in [1.29, 1.82) is 0 Å². The van der Waals surface area contributed by atoms with Crippen LogP contribution in [0.5, 0.6) is 0 Å². The summed E-state index contributed by atoms with van der Waals surface area (Å²) < 4.78 is 0. The first-order chi connectivity index (χ1) is 8.63. The van der Waals surface area contributed by atoms with Gasteiger partial charge in [-0.25, -0.2) is 4.98 Å². The van der Waals surface area contributed by atoms with Crippen LogP contribution in [0.3, 0.4) is 0 Å². The van der Waals surface area contributed by atoms with Crippen LogP contribution in [0.1, 0.15) is 0 Å². The van der Waals surface area contributed by atoms with Gasteiger partial charge in [0.15, 0.2) is 0 Å². The second kappa shape index (κ2) is 4.19. The molecule has 90 valence electrons. The quantitative estimate of drug-likeness (QED) is 0.658. The molecular weight excluding hydrogens is 269 g/mol. The van der Waals surface area contributed by atoms with Crippen LogP contribution in [0.25, 0.3) is 22.4 Å². The van der Waals surface area contributed by atoms with E-state index in [-0.39, 0.29) is 0 Å². The number of H-pyrrole nitrogens is 1. The molecule has 0 spiro atoms. The van der Waals surface area contributed by atoms with Gasteiger partial charge >= 0.3 is 0 Å². The average molecular weight is 278 g/mol. The number of nitrogen functional groups attached to an aromatic ring is 1. The van der Waals surface area contributed by atoms with Gasteiger partial charge in [0.25, 0.3) is 0 Å². The minimum absolute atomic E-state index is 0.500. The molecule has 1 heterocycles. The third-order valence-corrected chi connectivity index (χ3v) is 3.43. The summed E-state index contributed by atoms with van der Waals surface area (Å²) in [7, 11) is 0. The molecule has 0 bridgehead atoms. The first-order valence-corrected chi connectivity index (χ1v) is 6.10. The van der Waals surface area contributed by atoms with Crippen molar-refractivity contribution in [2.45, 2.75) is 0 Å². The molecule has 3 aromatic rings. The number of anilines is 1. The van der Waals surface area contributed by atoms with Crippen LogP contribution in [0.4, 0.5) is 5.69 Å². The van der Waals surface area contributed by atoms with Crippen molar-refractivity contribution in [1.82, 2.24) is 9.97 Å². The van der Waals surface area contributed by atoms with E-state index in [0.29, 0.717) is 10.0 Å². The van der Waals surface area contributed by atoms with Crippen molar-refractivity contribution in [2.75, 3.05) is 5.73 Å². The zero-order valence-corrected chi connectivity index (χ0v) is 10.8. The summed E-state index contributed by atoms with van der Waals surface area (Å²) in [6.07, 6.45) is 0. The SMILES string of the molecule is Nc1ccc(-c2nc3cc(Cl)c(Cl)cc3[nH]2)cc1. The second-order valence-electron chi connectivity index (χ2n) is 3.99. The molecule has 0 aliphatic heterocycles. The van der Waals surface area contributed by atoms with Gasteiger partial charge in [0.2, 0.25) is 0 Å². The lowest BCUT2D eigenvalue weighted by Gasteiger charge is -1.96. The van der Waals surface area contributed by atoms with Gasteiger partial charge < -0.3 is 10.7 Å². The first kappa shape index (κ1) is 11.4. The Bertz CT molecular complexity index is 678. The van der Waals surface area contributed by atoms with E-state index in [1.807, 2.05) is 24.3 Å². The number of nitrogens with two attached hydrogens (primary N) is 1. The highest BCUT2D eigenvalue weighted by atomic mass is 35.5. The lowest BCUT2D eigenvalue weighted by atomic mass is 10.2. The van der Waals surface area contributed by atoms with Crippen LogP contribution in [0.15, 0.2) is 36.4 Å². The molecular formula is C13H9Cl2N3. The molecule has 0 saturated heterocycles. The van der Waals surface area contributed by atoms with Crippen molar-refractivity contribution in [2.24, 2.45) is 0 Å². The number of rotatable bonds is 1. The third kappa shape index (κ3) is 1.92. The van der Waals surface area contributed by atoms with E-state index < -0.39 is 0 Å². The summed E-state index contributed by atoms with van der Waals surface area (Å²) in [5, 5.41) is 1.01. The third-order valence-electron chi connectivity index (χ3n) is 2.71. The largest absolute Gasteiger partial charge is 0.399 e. The predicted molar refractivity (Wildman–Crippen MR) is 76.0 cm³/mol. The zero-order chi connectivity index (χ0) is 12.7. The summed E-state index contributed by atoms with van der Waals surface area (Å²) in [6.45, 7) is 0. The molecule has 0 saturated carbocycles. The number of nitrogens with one attached hydrogen (secondary N) is 1. The normalized spacial score (nSPS) is 11.0. The van der Waals surface area contributed by atoms with E-state index in [4.69, 9.17) is 28.9 Å². The van der Waals surface area contributed by atoms with Crippen LogP contribution in [0, 0.1) is 0 Å². The number of halogens is 2.